The molecule has 9 heteroatoms. The first-order valence-corrected chi connectivity index (χ1v) is 32.1. The van der Waals surface area contributed by atoms with Gasteiger partial charge in [-0.3, -0.25) is 9.59 Å². The van der Waals surface area contributed by atoms with Crippen molar-refractivity contribution in [3.8, 4) is 0 Å². The molecule has 2 unspecified atom stereocenters. The third kappa shape index (κ3) is 59.0. The molecule has 0 amide bonds. The van der Waals surface area contributed by atoms with Gasteiger partial charge in [0.25, 0.3) is 0 Å². The highest BCUT2D eigenvalue weighted by molar-refractivity contribution is 5.70. The maximum Gasteiger partial charge on any atom is 0.306 e. The molecule has 0 saturated heterocycles. The van der Waals surface area contributed by atoms with Crippen LogP contribution in [-0.4, -0.2) is 82.3 Å². The van der Waals surface area contributed by atoms with Crippen molar-refractivity contribution in [1.29, 1.82) is 0 Å². The van der Waals surface area contributed by atoms with Crippen molar-refractivity contribution in [2.24, 2.45) is 0 Å². The van der Waals surface area contributed by atoms with Crippen LogP contribution in [0.15, 0.2) is 36.5 Å². The molecule has 75 heavy (non-hydrogen) atoms. The number of carboxylic acid groups (broad SMARTS) is 1. The number of hydrogen-bond donors (Lipinski definition) is 0. The summed E-state index contributed by atoms with van der Waals surface area (Å²) in [5, 5.41) is 11.8. The molecule has 0 aromatic carbocycles. The van der Waals surface area contributed by atoms with E-state index >= 15 is 0 Å². The monoisotopic (exact) mass is 1060 g/mol. The number of likely N-dealkylation sites (N-methyl/N-ethyl adjacent to an activating group) is 1. The fraction of sp³-hybridized carbons (Fsp3) is 0.864. The molecule has 0 heterocycles. The van der Waals surface area contributed by atoms with Crippen molar-refractivity contribution in [3.63, 3.8) is 0 Å². The lowest BCUT2D eigenvalue weighted by atomic mass is 10.0. The molecule has 0 spiro atoms. The molecule has 0 aromatic rings. The van der Waals surface area contributed by atoms with Crippen molar-refractivity contribution in [2.75, 3.05) is 47.5 Å². The van der Waals surface area contributed by atoms with Gasteiger partial charge in [0, 0.05) is 12.8 Å². The number of quaternary nitrogens is 1. The molecule has 0 radical (unpaired) electrons. The number of carboxylic acids is 1. The molecule has 2 atom stereocenters. The number of esters is 2. The molecular formula is C66H123NO8. The van der Waals surface area contributed by atoms with Gasteiger partial charge in [-0.05, 0) is 70.6 Å². The fourth-order valence-corrected chi connectivity index (χ4v) is 9.39. The van der Waals surface area contributed by atoms with Gasteiger partial charge in [-0.25, -0.2) is 0 Å². The average molecular weight is 1060 g/mol. The van der Waals surface area contributed by atoms with E-state index in [9.17, 15) is 19.5 Å². The predicted octanol–water partition coefficient (Wildman–Crippen LogP) is 17.9. The number of hydrogen-bond acceptors (Lipinski definition) is 8. The Bertz CT molecular complexity index is 1320. The second kappa shape index (κ2) is 57.7. The van der Waals surface area contributed by atoms with Crippen molar-refractivity contribution in [1.82, 2.24) is 0 Å². The molecule has 0 saturated carbocycles. The van der Waals surface area contributed by atoms with Crippen molar-refractivity contribution >= 4 is 17.9 Å². The Morgan fingerprint density at radius 2 is 0.720 bits per heavy atom. The highest BCUT2D eigenvalue weighted by atomic mass is 16.7. The third-order valence-corrected chi connectivity index (χ3v) is 14.4. The van der Waals surface area contributed by atoms with Crippen LogP contribution in [0, 0.1) is 0 Å². The maximum absolute atomic E-state index is 12.9. The van der Waals surface area contributed by atoms with Crippen LogP contribution in [0.5, 0.6) is 0 Å². The van der Waals surface area contributed by atoms with Crippen LogP contribution in [0.25, 0.3) is 0 Å². The van der Waals surface area contributed by atoms with Crippen LogP contribution in [0.4, 0.5) is 0 Å². The first-order chi connectivity index (χ1) is 36.6. The molecule has 0 aliphatic rings. The van der Waals surface area contributed by atoms with Gasteiger partial charge in [0.05, 0.1) is 40.3 Å². The summed E-state index contributed by atoms with van der Waals surface area (Å²) in [6.07, 6.45) is 67.9. The minimum Gasteiger partial charge on any atom is -0.545 e. The topological polar surface area (TPSA) is 111 Å². The number of carbonyl (C=O) groups is 3. The molecule has 0 aliphatic carbocycles. The summed E-state index contributed by atoms with van der Waals surface area (Å²) in [4.78, 5) is 37.3. The van der Waals surface area contributed by atoms with E-state index in [-0.39, 0.29) is 32.2 Å². The van der Waals surface area contributed by atoms with E-state index in [2.05, 4.69) is 50.3 Å². The van der Waals surface area contributed by atoms with Gasteiger partial charge in [-0.15, -0.1) is 0 Å². The summed E-state index contributed by atoms with van der Waals surface area (Å²) in [5.41, 5.74) is 0. The number of aliphatic carboxylic acids is 1. The standard InChI is InChI=1S/C66H123NO8/c1-6-8-10-12-14-16-18-20-22-24-25-26-27-28-29-30-31-32-33-34-35-36-37-38-39-41-43-45-47-49-51-53-55-57-64(69)75-62(61-74-66(65(70)71)72-59-58-67(3,4)5)60-73-63(68)56-54-52-50-48-46-44-42-40-23-21-19-17-15-13-11-9-7-2/h18,20-21,23-25,62,66H,6-17,19,22,26-61H2,1-5H3/b20-18-,23-21-,25-24-. The van der Waals surface area contributed by atoms with Crippen molar-refractivity contribution in [3.05, 3.63) is 36.5 Å². The van der Waals surface area contributed by atoms with E-state index in [0.717, 1.165) is 38.5 Å². The number of rotatable bonds is 60. The van der Waals surface area contributed by atoms with Crippen LogP contribution in [0.1, 0.15) is 309 Å². The first kappa shape index (κ1) is 72.5. The number of nitrogens with zero attached hydrogens (tertiary/aromatic N) is 1. The number of carbonyl (C=O) groups excluding carboxylic acids is 3. The molecule has 0 fully saturated rings. The molecule has 9 nitrogen and oxygen atoms in total. The van der Waals surface area contributed by atoms with Gasteiger partial charge in [-0.2, -0.15) is 0 Å². The highest BCUT2D eigenvalue weighted by Crippen LogP contribution is 2.17. The fourth-order valence-electron chi connectivity index (χ4n) is 9.39. The van der Waals surface area contributed by atoms with Gasteiger partial charge in [-0.1, -0.05) is 262 Å². The zero-order chi connectivity index (χ0) is 54.8. The second-order valence-corrected chi connectivity index (χ2v) is 23.0. The Kier molecular flexibility index (Phi) is 55.8. The quantitative estimate of drug-likeness (QED) is 0.0195. The lowest BCUT2D eigenvalue weighted by molar-refractivity contribution is -0.870. The van der Waals surface area contributed by atoms with E-state index in [1.165, 1.54) is 238 Å². The summed E-state index contributed by atoms with van der Waals surface area (Å²) in [7, 11) is 5.93. The summed E-state index contributed by atoms with van der Waals surface area (Å²) in [5.74, 6) is -2.27. The Hall–Kier alpha value is -2.49. The van der Waals surface area contributed by atoms with Crippen LogP contribution in [0.3, 0.4) is 0 Å². The number of allylic oxidation sites excluding steroid dienone is 6. The smallest absolute Gasteiger partial charge is 0.306 e. The SMILES string of the molecule is CCCCCCC/C=C\C/C=C\CCCCCCCCCCCCCCCCCCCCCCCC(=O)OC(COC(=O)CCCCCCCCC/C=C\CCCCCCCC)COC(OCC[N+](C)(C)C)C(=O)[O-]. The lowest BCUT2D eigenvalue weighted by Gasteiger charge is -2.26. The largest absolute Gasteiger partial charge is 0.545 e. The Balaban J connectivity index is 4.06. The lowest BCUT2D eigenvalue weighted by Crippen LogP contribution is -2.44. The zero-order valence-corrected chi connectivity index (χ0v) is 50.2. The molecule has 0 N–H and O–H groups in total. The first-order valence-electron chi connectivity index (χ1n) is 32.1. The van der Waals surface area contributed by atoms with Gasteiger partial charge in [0.2, 0.25) is 0 Å². The van der Waals surface area contributed by atoms with E-state index in [4.69, 9.17) is 18.9 Å². The minimum atomic E-state index is -1.62. The highest BCUT2D eigenvalue weighted by Gasteiger charge is 2.22. The van der Waals surface area contributed by atoms with Gasteiger partial charge >= 0.3 is 11.9 Å². The van der Waals surface area contributed by atoms with Crippen LogP contribution in [0.2, 0.25) is 0 Å². The average Bonchev–Trinajstić information content (AvgIpc) is 3.38. The molecule has 0 aliphatic heterocycles. The van der Waals surface area contributed by atoms with Crippen molar-refractivity contribution < 1.29 is 42.9 Å². The summed E-state index contributed by atoms with van der Waals surface area (Å²) in [6.45, 7) is 4.77. The molecule has 0 aromatic heterocycles. The van der Waals surface area contributed by atoms with Gasteiger partial charge in [0.15, 0.2) is 12.4 Å². The molecular weight excluding hydrogens is 935 g/mol. The molecule has 440 valence electrons. The van der Waals surface area contributed by atoms with E-state index in [1.54, 1.807) is 0 Å². The normalized spacial score (nSPS) is 12.9. The van der Waals surface area contributed by atoms with E-state index in [0.29, 0.717) is 23.9 Å². The Labute approximate surface area is 464 Å². The number of unbranched alkanes of at least 4 members (excludes halogenated alkanes) is 39. The molecule has 0 bridgehead atoms. The van der Waals surface area contributed by atoms with E-state index < -0.39 is 24.3 Å². The van der Waals surface area contributed by atoms with Crippen molar-refractivity contribution in [2.45, 2.75) is 322 Å². The van der Waals surface area contributed by atoms with Gasteiger partial charge in [0.1, 0.15) is 13.2 Å². The summed E-state index contributed by atoms with van der Waals surface area (Å²) >= 11 is 0. The Morgan fingerprint density at radius 1 is 0.400 bits per heavy atom. The van der Waals surface area contributed by atoms with Crippen LogP contribution >= 0.6 is 0 Å². The van der Waals surface area contributed by atoms with Crippen LogP contribution < -0.4 is 5.11 Å². The zero-order valence-electron chi connectivity index (χ0n) is 50.2. The maximum atomic E-state index is 12.9. The van der Waals surface area contributed by atoms with E-state index in [1.807, 2.05) is 21.1 Å². The summed E-state index contributed by atoms with van der Waals surface area (Å²) in [6, 6.07) is 0. The molecule has 0 rings (SSSR count). The van der Waals surface area contributed by atoms with Gasteiger partial charge < -0.3 is 33.3 Å². The predicted molar refractivity (Wildman–Crippen MR) is 316 cm³/mol. The van der Waals surface area contributed by atoms with Crippen LogP contribution in [-0.2, 0) is 33.3 Å². The Morgan fingerprint density at radius 3 is 1.07 bits per heavy atom. The number of ether oxygens (including phenoxy) is 4. The summed E-state index contributed by atoms with van der Waals surface area (Å²) < 4.78 is 22.7. The second-order valence-electron chi connectivity index (χ2n) is 23.0. The minimum absolute atomic E-state index is 0.149. The third-order valence-electron chi connectivity index (χ3n) is 14.4.